The number of nitrogens with zero attached hydrogens (tertiary/aromatic N) is 2. The molecule has 1 saturated heterocycles. The highest BCUT2D eigenvalue weighted by Crippen LogP contribution is 2.31. The number of benzene rings is 2. The summed E-state index contributed by atoms with van der Waals surface area (Å²) in [4.78, 5) is 25.3. The number of para-hydroxylation sites is 2. The van der Waals surface area contributed by atoms with Gasteiger partial charge in [0.25, 0.3) is 5.69 Å². The van der Waals surface area contributed by atoms with Gasteiger partial charge in [-0.05, 0) is 31.4 Å². The van der Waals surface area contributed by atoms with Crippen molar-refractivity contribution in [3.8, 4) is 0 Å². The van der Waals surface area contributed by atoms with Crippen molar-refractivity contribution in [1.82, 2.24) is 5.32 Å². The molecule has 1 aliphatic heterocycles. The quantitative estimate of drug-likeness (QED) is 0.660. The average Bonchev–Trinajstić information content (AvgIpc) is 2.67. The molecule has 0 unspecified atom stereocenters. The summed E-state index contributed by atoms with van der Waals surface area (Å²) in [6.07, 6.45) is 1.40. The van der Waals surface area contributed by atoms with Crippen molar-refractivity contribution in [1.29, 1.82) is 0 Å². The van der Waals surface area contributed by atoms with Crippen LogP contribution in [0, 0.1) is 23.0 Å². The summed E-state index contributed by atoms with van der Waals surface area (Å²) in [5.74, 6) is 0.0206. The van der Waals surface area contributed by atoms with Crippen LogP contribution in [0.4, 0.5) is 11.4 Å². The van der Waals surface area contributed by atoms with Crippen LogP contribution in [-0.2, 0) is 11.3 Å². The molecule has 0 bridgehead atoms. The zero-order valence-corrected chi connectivity index (χ0v) is 14.9. The highest BCUT2D eigenvalue weighted by molar-refractivity contribution is 5.79. The number of carbonyl (C=O) groups is 1. The first-order valence-electron chi connectivity index (χ1n) is 8.86. The number of carbonyl (C=O) groups excluding carboxylic acids is 1. The van der Waals surface area contributed by atoms with Crippen molar-refractivity contribution >= 4 is 17.3 Å². The summed E-state index contributed by atoms with van der Waals surface area (Å²) in [6, 6.07) is 14.9. The molecule has 1 heterocycles. The number of nitro benzene ring substituents is 1. The number of piperidine rings is 1. The van der Waals surface area contributed by atoms with Gasteiger partial charge in [0.2, 0.25) is 5.91 Å². The molecule has 0 aromatic heterocycles. The van der Waals surface area contributed by atoms with Crippen molar-refractivity contribution in [3.63, 3.8) is 0 Å². The van der Waals surface area contributed by atoms with Crippen LogP contribution in [0.5, 0.6) is 0 Å². The largest absolute Gasteiger partial charge is 0.366 e. The van der Waals surface area contributed by atoms with E-state index in [1.165, 1.54) is 11.6 Å². The molecule has 26 heavy (non-hydrogen) atoms. The van der Waals surface area contributed by atoms with E-state index in [1.807, 2.05) is 42.2 Å². The topological polar surface area (TPSA) is 75.5 Å². The number of nitrogens with one attached hydrogen (secondary N) is 1. The second-order valence-electron chi connectivity index (χ2n) is 6.71. The van der Waals surface area contributed by atoms with Gasteiger partial charge in [-0.15, -0.1) is 0 Å². The Labute approximate surface area is 153 Å². The number of anilines is 1. The fourth-order valence-corrected chi connectivity index (χ4v) is 3.31. The molecular formula is C20H23N3O3. The van der Waals surface area contributed by atoms with E-state index in [-0.39, 0.29) is 22.4 Å². The molecule has 6 heteroatoms. The number of nitro groups is 1. The van der Waals surface area contributed by atoms with Crippen molar-refractivity contribution in [2.24, 2.45) is 5.92 Å². The summed E-state index contributed by atoms with van der Waals surface area (Å²) in [5, 5.41) is 14.2. The van der Waals surface area contributed by atoms with E-state index >= 15 is 0 Å². The van der Waals surface area contributed by atoms with Crippen molar-refractivity contribution in [2.45, 2.75) is 26.3 Å². The molecule has 136 valence electrons. The third kappa shape index (κ3) is 4.20. The number of aryl methyl sites for hydroxylation is 1. The van der Waals surface area contributed by atoms with Crippen LogP contribution in [-0.4, -0.2) is 23.9 Å². The molecule has 2 aromatic rings. The fraction of sp³-hybridized carbons (Fsp3) is 0.350. The van der Waals surface area contributed by atoms with Gasteiger partial charge < -0.3 is 10.2 Å². The van der Waals surface area contributed by atoms with E-state index in [1.54, 1.807) is 12.1 Å². The Morgan fingerprint density at radius 2 is 1.81 bits per heavy atom. The normalized spacial score (nSPS) is 14.9. The van der Waals surface area contributed by atoms with Crippen LogP contribution in [0.2, 0.25) is 0 Å². The molecule has 1 amide bonds. The monoisotopic (exact) mass is 353 g/mol. The second-order valence-corrected chi connectivity index (χ2v) is 6.71. The minimum Gasteiger partial charge on any atom is -0.366 e. The molecule has 3 rings (SSSR count). The molecule has 1 N–H and O–H groups in total. The maximum atomic E-state index is 12.4. The van der Waals surface area contributed by atoms with Crippen LogP contribution in [0.25, 0.3) is 0 Å². The summed E-state index contributed by atoms with van der Waals surface area (Å²) >= 11 is 0. The van der Waals surface area contributed by atoms with Crippen molar-refractivity contribution < 1.29 is 9.72 Å². The number of rotatable bonds is 5. The van der Waals surface area contributed by atoms with Gasteiger partial charge in [0.15, 0.2) is 0 Å². The smallest absolute Gasteiger partial charge is 0.292 e. The summed E-state index contributed by atoms with van der Waals surface area (Å²) in [5.41, 5.74) is 3.04. The summed E-state index contributed by atoms with van der Waals surface area (Å²) in [7, 11) is 0. The van der Waals surface area contributed by atoms with E-state index < -0.39 is 0 Å². The second kappa shape index (κ2) is 7.99. The minimum absolute atomic E-state index is 0.0422. The van der Waals surface area contributed by atoms with E-state index in [0.29, 0.717) is 38.2 Å². The zero-order valence-electron chi connectivity index (χ0n) is 14.9. The predicted molar refractivity (Wildman–Crippen MR) is 101 cm³/mol. The SMILES string of the molecule is Cc1ccc(CNC(=O)C2CCN(c3ccccc3[N+](=O)[O-])CC2)cc1. The first-order valence-corrected chi connectivity index (χ1v) is 8.86. The third-order valence-electron chi connectivity index (χ3n) is 4.87. The number of hydrogen-bond donors (Lipinski definition) is 1. The lowest BCUT2D eigenvalue weighted by atomic mass is 9.95. The summed E-state index contributed by atoms with van der Waals surface area (Å²) < 4.78 is 0. The predicted octanol–water partition coefficient (Wildman–Crippen LogP) is 3.44. The third-order valence-corrected chi connectivity index (χ3v) is 4.87. The molecule has 0 spiro atoms. The number of amides is 1. The Morgan fingerprint density at radius 1 is 1.15 bits per heavy atom. The highest BCUT2D eigenvalue weighted by Gasteiger charge is 2.27. The Hall–Kier alpha value is -2.89. The molecule has 2 aromatic carbocycles. The summed E-state index contributed by atoms with van der Waals surface area (Å²) in [6.45, 7) is 3.86. The molecule has 0 saturated carbocycles. The molecule has 6 nitrogen and oxygen atoms in total. The van der Waals surface area contributed by atoms with Crippen LogP contribution in [0.15, 0.2) is 48.5 Å². The van der Waals surface area contributed by atoms with Crippen LogP contribution in [0.3, 0.4) is 0 Å². The Morgan fingerprint density at radius 3 is 2.46 bits per heavy atom. The van der Waals surface area contributed by atoms with Gasteiger partial charge in [-0.1, -0.05) is 42.0 Å². The van der Waals surface area contributed by atoms with Gasteiger partial charge in [0, 0.05) is 31.6 Å². The fourth-order valence-electron chi connectivity index (χ4n) is 3.31. The van der Waals surface area contributed by atoms with E-state index in [2.05, 4.69) is 5.32 Å². The molecule has 0 atom stereocenters. The molecule has 1 aliphatic rings. The highest BCUT2D eigenvalue weighted by atomic mass is 16.6. The Bertz CT molecular complexity index is 781. The lowest BCUT2D eigenvalue weighted by Gasteiger charge is -2.32. The zero-order chi connectivity index (χ0) is 18.5. The van der Waals surface area contributed by atoms with E-state index in [0.717, 1.165) is 5.56 Å². The van der Waals surface area contributed by atoms with Crippen LogP contribution < -0.4 is 10.2 Å². The standard InChI is InChI=1S/C20H23N3O3/c1-15-6-8-16(9-7-15)14-21-20(24)17-10-12-22(13-11-17)18-4-2-3-5-19(18)23(25)26/h2-9,17H,10-14H2,1H3,(H,21,24). The molecular weight excluding hydrogens is 330 g/mol. The maximum absolute atomic E-state index is 12.4. The van der Waals surface area contributed by atoms with E-state index in [4.69, 9.17) is 0 Å². The van der Waals surface area contributed by atoms with Gasteiger partial charge in [0.05, 0.1) is 4.92 Å². The maximum Gasteiger partial charge on any atom is 0.292 e. The van der Waals surface area contributed by atoms with Crippen molar-refractivity contribution in [2.75, 3.05) is 18.0 Å². The lowest BCUT2D eigenvalue weighted by Crippen LogP contribution is -2.40. The van der Waals surface area contributed by atoms with Gasteiger partial charge in [0.1, 0.15) is 5.69 Å². The molecule has 0 radical (unpaired) electrons. The lowest BCUT2D eigenvalue weighted by molar-refractivity contribution is -0.384. The Kier molecular flexibility index (Phi) is 5.51. The van der Waals surface area contributed by atoms with Gasteiger partial charge in [-0.3, -0.25) is 14.9 Å². The van der Waals surface area contributed by atoms with Gasteiger partial charge >= 0.3 is 0 Å². The number of hydrogen-bond acceptors (Lipinski definition) is 4. The minimum atomic E-state index is -0.351. The van der Waals surface area contributed by atoms with Crippen molar-refractivity contribution in [3.05, 3.63) is 69.8 Å². The van der Waals surface area contributed by atoms with Crippen LogP contribution in [0.1, 0.15) is 24.0 Å². The first kappa shape index (κ1) is 17.9. The van der Waals surface area contributed by atoms with Gasteiger partial charge in [-0.25, -0.2) is 0 Å². The Balaban J connectivity index is 1.54. The van der Waals surface area contributed by atoms with E-state index in [9.17, 15) is 14.9 Å². The van der Waals surface area contributed by atoms with Gasteiger partial charge in [-0.2, -0.15) is 0 Å². The van der Waals surface area contributed by atoms with Crippen LogP contribution >= 0.6 is 0 Å². The average molecular weight is 353 g/mol. The molecule has 0 aliphatic carbocycles. The molecule has 1 fully saturated rings. The first-order chi connectivity index (χ1) is 12.5.